The van der Waals surface area contributed by atoms with Crippen molar-refractivity contribution in [3.63, 3.8) is 0 Å². The molecule has 51 heavy (non-hydrogen) atoms. The molecule has 0 bridgehead atoms. The SMILES string of the molecule is COC(=O)CCCNC(=O)OCc1cccc(NC(=O)NC2C(=O)N(CC(=O)c3ccco3)c3ccccc3N(CC(=O)c3ccco3)C2=O)c1. The molecule has 4 aromatic rings. The Bertz CT molecular complexity index is 1820. The maximum absolute atomic E-state index is 14.1. The van der Waals surface area contributed by atoms with E-state index in [1.54, 1.807) is 24.3 Å². The predicted octanol–water partition coefficient (Wildman–Crippen LogP) is 3.69. The van der Waals surface area contributed by atoms with E-state index in [4.69, 9.17) is 13.6 Å². The Morgan fingerprint density at radius 3 is 1.94 bits per heavy atom. The van der Waals surface area contributed by atoms with Gasteiger partial charge in [0.2, 0.25) is 11.6 Å². The monoisotopic (exact) mass is 699 g/mol. The number of hydrogen-bond acceptors (Lipinski definition) is 11. The van der Waals surface area contributed by atoms with Gasteiger partial charge in [0.05, 0.1) is 44.1 Å². The Labute approximate surface area is 290 Å². The number of carbonyl (C=O) groups is 7. The zero-order valence-corrected chi connectivity index (χ0v) is 27.3. The second-order valence-corrected chi connectivity index (χ2v) is 11.1. The van der Waals surface area contributed by atoms with E-state index >= 15 is 0 Å². The van der Waals surface area contributed by atoms with Crippen molar-refractivity contribution in [1.29, 1.82) is 0 Å². The van der Waals surface area contributed by atoms with E-state index in [0.717, 1.165) is 9.80 Å². The first-order valence-electron chi connectivity index (χ1n) is 15.6. The number of nitrogens with zero attached hydrogens (tertiary/aromatic N) is 2. The van der Waals surface area contributed by atoms with Crippen molar-refractivity contribution in [2.75, 3.05) is 41.9 Å². The summed E-state index contributed by atoms with van der Waals surface area (Å²) in [7, 11) is 1.27. The minimum Gasteiger partial charge on any atom is -0.469 e. The molecule has 16 heteroatoms. The summed E-state index contributed by atoms with van der Waals surface area (Å²) in [4.78, 5) is 93.1. The van der Waals surface area contributed by atoms with Crippen LogP contribution in [0.5, 0.6) is 0 Å². The summed E-state index contributed by atoms with van der Waals surface area (Å²) in [6.45, 7) is -1.05. The van der Waals surface area contributed by atoms with E-state index in [-0.39, 0.29) is 48.2 Å². The van der Waals surface area contributed by atoms with Crippen LogP contribution in [-0.2, 0) is 30.5 Å². The molecule has 1 aliphatic heterocycles. The number of esters is 1. The highest BCUT2D eigenvalue weighted by Crippen LogP contribution is 2.34. The van der Waals surface area contributed by atoms with E-state index in [1.165, 1.54) is 68.2 Å². The van der Waals surface area contributed by atoms with E-state index in [2.05, 4.69) is 20.7 Å². The van der Waals surface area contributed by atoms with Crippen LogP contribution in [0.25, 0.3) is 0 Å². The summed E-state index contributed by atoms with van der Waals surface area (Å²) in [6, 6.07) is 15.5. The molecule has 3 heterocycles. The Kier molecular flexibility index (Phi) is 11.6. The standard InChI is InChI=1S/C35H33N5O11/c1-48-30(43)14-5-15-36-35(47)51-21-22-8-4-9-23(18-22)37-34(46)38-31-32(44)39(19-26(41)28-12-6-16-49-28)24-10-2-3-11-25(24)40(33(31)45)20-27(42)29-13-7-17-50-29/h2-4,6-13,16-18,31H,5,14-15,19-21H2,1H3,(H,36,47)(H2,37,38,46). The van der Waals surface area contributed by atoms with Gasteiger partial charge in [-0.2, -0.15) is 0 Å². The summed E-state index contributed by atoms with van der Waals surface area (Å²) in [5.41, 5.74) is 1.03. The highest BCUT2D eigenvalue weighted by Gasteiger charge is 2.42. The Morgan fingerprint density at radius 1 is 0.784 bits per heavy atom. The summed E-state index contributed by atoms with van der Waals surface area (Å²) in [5, 5.41) is 7.47. The highest BCUT2D eigenvalue weighted by molar-refractivity contribution is 6.24. The first-order valence-corrected chi connectivity index (χ1v) is 15.6. The van der Waals surface area contributed by atoms with Crippen LogP contribution in [0.1, 0.15) is 39.5 Å². The summed E-state index contributed by atoms with van der Waals surface area (Å²) >= 11 is 0. The lowest BCUT2D eigenvalue weighted by Gasteiger charge is -2.24. The number of methoxy groups -OCH3 is 1. The van der Waals surface area contributed by atoms with Crippen molar-refractivity contribution in [2.24, 2.45) is 0 Å². The number of furan rings is 2. The number of urea groups is 1. The number of ketones is 2. The van der Waals surface area contributed by atoms with Gasteiger partial charge in [0, 0.05) is 18.7 Å². The molecule has 0 radical (unpaired) electrons. The molecule has 0 fully saturated rings. The average molecular weight is 700 g/mol. The molecule has 0 atom stereocenters. The van der Waals surface area contributed by atoms with Crippen LogP contribution in [0.15, 0.2) is 94.2 Å². The van der Waals surface area contributed by atoms with Gasteiger partial charge in [0.1, 0.15) is 6.61 Å². The van der Waals surface area contributed by atoms with Crippen LogP contribution in [-0.4, -0.2) is 74.3 Å². The van der Waals surface area contributed by atoms with Gasteiger partial charge in [-0.25, -0.2) is 9.59 Å². The number of amides is 5. The first kappa shape index (κ1) is 35.6. The quantitative estimate of drug-likeness (QED) is 0.0749. The highest BCUT2D eigenvalue weighted by atomic mass is 16.5. The summed E-state index contributed by atoms with van der Waals surface area (Å²) < 4.78 is 20.2. The number of ether oxygens (including phenoxy) is 2. The van der Waals surface area contributed by atoms with Crippen LogP contribution in [0.4, 0.5) is 26.7 Å². The van der Waals surface area contributed by atoms with E-state index in [0.29, 0.717) is 12.0 Å². The minimum absolute atomic E-state index is 0.0251. The third-order valence-corrected chi connectivity index (χ3v) is 7.57. The lowest BCUT2D eigenvalue weighted by molar-refractivity contribution is -0.140. The maximum atomic E-state index is 14.1. The van der Waals surface area contributed by atoms with Gasteiger partial charge in [-0.1, -0.05) is 24.3 Å². The van der Waals surface area contributed by atoms with Gasteiger partial charge < -0.3 is 44.1 Å². The molecule has 0 saturated heterocycles. The summed E-state index contributed by atoms with van der Waals surface area (Å²) in [5.74, 6) is -3.47. The van der Waals surface area contributed by atoms with Crippen molar-refractivity contribution in [3.05, 3.63) is 102 Å². The number of Topliss-reactive ketones (excluding diaryl/α,β-unsaturated/α-hetero) is 2. The fourth-order valence-electron chi connectivity index (χ4n) is 5.10. The van der Waals surface area contributed by atoms with Gasteiger partial charge in [0.25, 0.3) is 11.8 Å². The normalized spacial score (nSPS) is 12.8. The number of fused-ring (bicyclic) bond motifs is 1. The molecule has 0 aliphatic carbocycles. The molecule has 2 aromatic heterocycles. The van der Waals surface area contributed by atoms with Gasteiger partial charge in [-0.15, -0.1) is 0 Å². The molecular weight excluding hydrogens is 666 g/mol. The molecule has 264 valence electrons. The lowest BCUT2D eigenvalue weighted by atomic mass is 10.2. The molecule has 0 saturated carbocycles. The number of nitrogens with one attached hydrogen (secondary N) is 3. The van der Waals surface area contributed by atoms with Crippen LogP contribution in [0.3, 0.4) is 0 Å². The Morgan fingerprint density at radius 2 is 1.39 bits per heavy atom. The zero-order valence-electron chi connectivity index (χ0n) is 27.3. The van der Waals surface area contributed by atoms with Crippen molar-refractivity contribution in [2.45, 2.75) is 25.5 Å². The fourth-order valence-corrected chi connectivity index (χ4v) is 5.10. The second-order valence-electron chi connectivity index (χ2n) is 11.1. The number of para-hydroxylation sites is 2. The maximum Gasteiger partial charge on any atom is 0.407 e. The van der Waals surface area contributed by atoms with Gasteiger partial charge >= 0.3 is 18.1 Å². The van der Waals surface area contributed by atoms with Gasteiger partial charge in [-0.3, -0.25) is 24.0 Å². The second kappa shape index (κ2) is 16.6. The van der Waals surface area contributed by atoms with E-state index < -0.39 is 60.6 Å². The third kappa shape index (κ3) is 9.05. The smallest absolute Gasteiger partial charge is 0.407 e. The van der Waals surface area contributed by atoms with Crippen LogP contribution in [0, 0.1) is 0 Å². The molecule has 2 aromatic carbocycles. The number of benzene rings is 2. The minimum atomic E-state index is -1.87. The van der Waals surface area contributed by atoms with Crippen LogP contribution >= 0.6 is 0 Å². The molecule has 0 unspecified atom stereocenters. The average Bonchev–Trinajstić information content (AvgIpc) is 3.87. The fraction of sp³-hybridized carbons (Fsp3) is 0.229. The lowest BCUT2D eigenvalue weighted by Crippen LogP contribution is -2.57. The van der Waals surface area contributed by atoms with Crippen molar-refractivity contribution in [3.8, 4) is 0 Å². The van der Waals surface area contributed by atoms with E-state index in [1.807, 2.05) is 0 Å². The zero-order chi connectivity index (χ0) is 36.3. The van der Waals surface area contributed by atoms with Gasteiger partial charge in [0.15, 0.2) is 17.6 Å². The number of alkyl carbamates (subject to hydrolysis) is 1. The topological polar surface area (TPSA) is 207 Å². The largest absolute Gasteiger partial charge is 0.469 e. The third-order valence-electron chi connectivity index (χ3n) is 7.57. The Balaban J connectivity index is 1.32. The van der Waals surface area contributed by atoms with Crippen LogP contribution in [0.2, 0.25) is 0 Å². The predicted molar refractivity (Wildman–Crippen MR) is 179 cm³/mol. The molecular formula is C35H33N5O11. The van der Waals surface area contributed by atoms with Gasteiger partial charge in [-0.05, 0) is 60.5 Å². The molecule has 5 amide bonds. The summed E-state index contributed by atoms with van der Waals surface area (Å²) in [6.07, 6.45) is 2.39. The molecule has 3 N–H and O–H groups in total. The van der Waals surface area contributed by atoms with Crippen molar-refractivity contribution >= 4 is 58.5 Å². The van der Waals surface area contributed by atoms with Crippen LogP contribution < -0.4 is 25.8 Å². The number of anilines is 3. The number of carbonyl (C=O) groups excluding carboxylic acids is 7. The number of hydrogen-bond donors (Lipinski definition) is 3. The molecule has 16 nitrogen and oxygen atoms in total. The first-order chi connectivity index (χ1) is 24.6. The number of rotatable bonds is 14. The molecule has 0 spiro atoms. The molecule has 1 aliphatic rings. The molecule has 5 rings (SSSR count). The van der Waals surface area contributed by atoms with E-state index in [9.17, 15) is 33.6 Å². The Hall–Kier alpha value is -6.71. The van der Waals surface area contributed by atoms with Crippen molar-refractivity contribution < 1.29 is 51.9 Å². The van der Waals surface area contributed by atoms with Crippen molar-refractivity contribution in [1.82, 2.24) is 10.6 Å².